The molecule has 0 aromatic heterocycles. The van der Waals surface area contributed by atoms with Gasteiger partial charge in [-0.25, -0.2) is 4.99 Å². The predicted molar refractivity (Wildman–Crippen MR) is 125 cm³/mol. The molecule has 1 amide bonds. The van der Waals surface area contributed by atoms with Crippen LogP contribution in [0.3, 0.4) is 0 Å². The molecule has 3 aromatic rings. The summed E-state index contributed by atoms with van der Waals surface area (Å²) in [6, 6.07) is 21.0. The van der Waals surface area contributed by atoms with Gasteiger partial charge in [-0.15, -0.1) is 0 Å². The maximum atomic E-state index is 13.2. The Morgan fingerprint density at radius 2 is 1.90 bits per heavy atom. The molecule has 4 rings (SSSR count). The van der Waals surface area contributed by atoms with Crippen LogP contribution in [0.4, 0.5) is 5.69 Å². The van der Waals surface area contributed by atoms with Crippen molar-refractivity contribution in [3.05, 3.63) is 107 Å². The Morgan fingerprint density at radius 3 is 2.65 bits per heavy atom. The van der Waals surface area contributed by atoms with Crippen LogP contribution in [0.5, 0.6) is 0 Å². The average Bonchev–Trinajstić information content (AvgIpc) is 3.33. The van der Waals surface area contributed by atoms with Gasteiger partial charge in [-0.1, -0.05) is 60.4 Å². The smallest absolute Gasteiger partial charge is 0.256 e. The standard InChI is InChI=1S/C27H22N2O2/c1-3-20-13-15-23(22(18-20)14-12-21-10-8-19(2)9-11-21)26(30)29-25-7-5-4-6-24(25)27-28-16-17-31-27/h3-11,13,15,18H,1,16-17H2,2H3,(H,29,30). The molecule has 4 nitrogen and oxygen atoms in total. The number of carbonyl (C=O) groups excluding carboxylic acids is 1. The van der Waals surface area contributed by atoms with E-state index in [4.69, 9.17) is 4.74 Å². The van der Waals surface area contributed by atoms with Crippen molar-refractivity contribution in [3.63, 3.8) is 0 Å². The van der Waals surface area contributed by atoms with Crippen LogP contribution in [-0.4, -0.2) is 25.0 Å². The number of aliphatic imine (C=N–C) groups is 1. The van der Waals surface area contributed by atoms with Gasteiger partial charge in [0.05, 0.1) is 23.4 Å². The highest BCUT2D eigenvalue weighted by atomic mass is 16.5. The normalized spacial score (nSPS) is 12.2. The van der Waals surface area contributed by atoms with E-state index >= 15 is 0 Å². The van der Waals surface area contributed by atoms with Crippen LogP contribution in [0.25, 0.3) is 6.08 Å². The molecule has 0 spiro atoms. The van der Waals surface area contributed by atoms with Crippen molar-refractivity contribution in [2.75, 3.05) is 18.5 Å². The zero-order valence-electron chi connectivity index (χ0n) is 17.3. The lowest BCUT2D eigenvalue weighted by atomic mass is 10.0. The first kappa shape index (κ1) is 20.2. The van der Waals surface area contributed by atoms with Crippen LogP contribution in [-0.2, 0) is 4.74 Å². The summed E-state index contributed by atoms with van der Waals surface area (Å²) >= 11 is 0. The topological polar surface area (TPSA) is 50.7 Å². The van der Waals surface area contributed by atoms with Gasteiger partial charge in [0.25, 0.3) is 5.91 Å². The molecule has 0 fully saturated rings. The van der Waals surface area contributed by atoms with Crippen LogP contribution in [0, 0.1) is 18.8 Å². The molecule has 0 bridgehead atoms. The number of anilines is 1. The Kier molecular flexibility index (Phi) is 5.96. The Labute approximate surface area is 182 Å². The highest BCUT2D eigenvalue weighted by molar-refractivity contribution is 6.10. The van der Waals surface area contributed by atoms with Crippen molar-refractivity contribution >= 4 is 23.6 Å². The molecule has 0 radical (unpaired) electrons. The number of hydrogen-bond donors (Lipinski definition) is 1. The van der Waals surface area contributed by atoms with E-state index in [1.54, 1.807) is 12.1 Å². The summed E-state index contributed by atoms with van der Waals surface area (Å²) in [5.41, 5.74) is 5.52. The summed E-state index contributed by atoms with van der Waals surface area (Å²) in [7, 11) is 0. The van der Waals surface area contributed by atoms with E-state index in [9.17, 15) is 4.79 Å². The van der Waals surface area contributed by atoms with E-state index in [-0.39, 0.29) is 5.91 Å². The van der Waals surface area contributed by atoms with Crippen LogP contribution < -0.4 is 5.32 Å². The molecule has 0 unspecified atom stereocenters. The van der Waals surface area contributed by atoms with E-state index in [2.05, 4.69) is 28.7 Å². The maximum Gasteiger partial charge on any atom is 0.256 e. The second-order valence-corrected chi connectivity index (χ2v) is 7.16. The number of para-hydroxylation sites is 1. The van der Waals surface area contributed by atoms with Gasteiger partial charge >= 0.3 is 0 Å². The number of rotatable bonds is 4. The van der Waals surface area contributed by atoms with Gasteiger partial charge in [0.2, 0.25) is 5.90 Å². The highest BCUT2D eigenvalue weighted by Gasteiger charge is 2.17. The van der Waals surface area contributed by atoms with Crippen LogP contribution in [0.1, 0.15) is 38.2 Å². The predicted octanol–water partition coefficient (Wildman–Crippen LogP) is 5.07. The molecule has 0 aliphatic carbocycles. The summed E-state index contributed by atoms with van der Waals surface area (Å²) in [5, 5.41) is 2.99. The molecule has 152 valence electrons. The third-order valence-electron chi connectivity index (χ3n) is 4.91. The quantitative estimate of drug-likeness (QED) is 0.615. The number of ether oxygens (including phenoxy) is 1. The van der Waals surface area contributed by atoms with Gasteiger partial charge < -0.3 is 10.1 Å². The molecule has 0 saturated carbocycles. The fourth-order valence-electron chi connectivity index (χ4n) is 3.23. The lowest BCUT2D eigenvalue weighted by molar-refractivity contribution is 0.102. The monoisotopic (exact) mass is 406 g/mol. The second-order valence-electron chi connectivity index (χ2n) is 7.16. The Balaban J connectivity index is 1.66. The van der Waals surface area contributed by atoms with Gasteiger partial charge in [0, 0.05) is 11.1 Å². The molecule has 31 heavy (non-hydrogen) atoms. The zero-order chi connectivity index (χ0) is 21.6. The molecule has 0 atom stereocenters. The van der Waals surface area contributed by atoms with E-state index < -0.39 is 0 Å². The van der Waals surface area contributed by atoms with Crippen molar-refractivity contribution in [2.24, 2.45) is 4.99 Å². The highest BCUT2D eigenvalue weighted by Crippen LogP contribution is 2.21. The minimum absolute atomic E-state index is 0.241. The van der Waals surface area contributed by atoms with E-state index in [0.29, 0.717) is 35.9 Å². The summed E-state index contributed by atoms with van der Waals surface area (Å²) in [4.78, 5) is 17.5. The van der Waals surface area contributed by atoms with E-state index in [1.807, 2.05) is 67.6 Å². The first-order valence-electron chi connectivity index (χ1n) is 10.1. The lowest BCUT2D eigenvalue weighted by Crippen LogP contribution is -2.16. The first-order valence-corrected chi connectivity index (χ1v) is 10.1. The van der Waals surface area contributed by atoms with Gasteiger partial charge in [0.15, 0.2) is 0 Å². The molecule has 1 aliphatic rings. The Morgan fingerprint density at radius 1 is 1.10 bits per heavy atom. The Bertz CT molecular complexity index is 1230. The Hall–Kier alpha value is -4.10. The summed E-state index contributed by atoms with van der Waals surface area (Å²) < 4.78 is 5.58. The molecular weight excluding hydrogens is 384 g/mol. The fraction of sp³-hybridized carbons (Fsp3) is 0.111. The minimum Gasteiger partial charge on any atom is -0.475 e. The maximum absolute atomic E-state index is 13.2. The number of carbonyl (C=O) groups is 1. The van der Waals surface area contributed by atoms with Crippen LogP contribution in [0.15, 0.2) is 78.3 Å². The van der Waals surface area contributed by atoms with Crippen molar-refractivity contribution < 1.29 is 9.53 Å². The SMILES string of the molecule is C=Cc1ccc(C(=O)Nc2ccccc2C2=NCCO2)c(C#Cc2ccc(C)cc2)c1. The van der Waals surface area contributed by atoms with E-state index in [1.165, 1.54) is 5.56 Å². The zero-order valence-corrected chi connectivity index (χ0v) is 17.3. The summed E-state index contributed by atoms with van der Waals surface area (Å²) in [6.45, 7) is 7.04. The largest absolute Gasteiger partial charge is 0.475 e. The molecule has 1 aliphatic heterocycles. The number of amides is 1. The van der Waals surface area contributed by atoms with Crippen molar-refractivity contribution in [1.82, 2.24) is 0 Å². The molecule has 0 saturated heterocycles. The first-order chi connectivity index (χ1) is 15.1. The van der Waals surface area contributed by atoms with E-state index in [0.717, 1.165) is 16.7 Å². The average molecular weight is 406 g/mol. The lowest BCUT2D eigenvalue weighted by Gasteiger charge is -2.12. The van der Waals surface area contributed by atoms with Gasteiger partial charge in [0.1, 0.15) is 6.61 Å². The van der Waals surface area contributed by atoms with Crippen molar-refractivity contribution in [2.45, 2.75) is 6.92 Å². The molecule has 1 N–H and O–H groups in total. The fourth-order valence-corrected chi connectivity index (χ4v) is 3.23. The summed E-state index contributed by atoms with van der Waals surface area (Å²) in [5.74, 6) is 6.62. The van der Waals surface area contributed by atoms with Crippen LogP contribution >= 0.6 is 0 Å². The van der Waals surface area contributed by atoms with Gasteiger partial charge in [-0.3, -0.25) is 4.79 Å². The third kappa shape index (κ3) is 4.73. The number of benzene rings is 3. The van der Waals surface area contributed by atoms with Gasteiger partial charge in [-0.2, -0.15) is 0 Å². The number of hydrogen-bond acceptors (Lipinski definition) is 3. The molecule has 1 heterocycles. The number of nitrogens with zero attached hydrogens (tertiary/aromatic N) is 1. The van der Waals surface area contributed by atoms with Crippen molar-refractivity contribution in [1.29, 1.82) is 0 Å². The number of aryl methyl sites for hydroxylation is 1. The molecule has 3 aromatic carbocycles. The molecule has 4 heteroatoms. The minimum atomic E-state index is -0.241. The van der Waals surface area contributed by atoms with Crippen LogP contribution in [0.2, 0.25) is 0 Å². The molecular formula is C27H22N2O2. The van der Waals surface area contributed by atoms with Crippen molar-refractivity contribution in [3.8, 4) is 11.8 Å². The number of nitrogens with one attached hydrogen (secondary N) is 1. The summed E-state index contributed by atoms with van der Waals surface area (Å²) in [6.07, 6.45) is 1.74. The third-order valence-corrected chi connectivity index (χ3v) is 4.91. The van der Waals surface area contributed by atoms with Gasteiger partial charge in [-0.05, 0) is 48.9 Å². The second kappa shape index (κ2) is 9.15.